The molecule has 154 valence electrons. The summed E-state index contributed by atoms with van der Waals surface area (Å²) in [4.78, 5) is 17.8. The largest absolute Gasteiger partial charge is 0.357 e. The minimum absolute atomic E-state index is 0. The number of pyridine rings is 1. The van der Waals surface area contributed by atoms with Crippen LogP contribution in [0.1, 0.15) is 17.8 Å². The van der Waals surface area contributed by atoms with Crippen LogP contribution in [0.15, 0.2) is 46.9 Å². The van der Waals surface area contributed by atoms with E-state index in [1.165, 1.54) is 4.88 Å². The molecular formula is C20H31IN6S. The van der Waals surface area contributed by atoms with E-state index in [4.69, 9.17) is 4.99 Å². The summed E-state index contributed by atoms with van der Waals surface area (Å²) >= 11 is 1.80. The minimum atomic E-state index is 0. The van der Waals surface area contributed by atoms with E-state index in [9.17, 15) is 0 Å². The molecule has 0 spiro atoms. The number of rotatable bonds is 6. The van der Waals surface area contributed by atoms with Crippen LogP contribution in [0, 0.1) is 0 Å². The number of guanidine groups is 1. The number of halogens is 1. The lowest BCUT2D eigenvalue weighted by Gasteiger charge is -2.37. The first-order valence-corrected chi connectivity index (χ1v) is 10.5. The molecule has 0 aromatic carbocycles. The Balaban J connectivity index is 0.00000280. The average molecular weight is 514 g/mol. The lowest BCUT2D eigenvalue weighted by Crippen LogP contribution is -2.52. The molecule has 0 aliphatic carbocycles. The van der Waals surface area contributed by atoms with Crippen molar-refractivity contribution in [2.45, 2.75) is 13.0 Å². The van der Waals surface area contributed by atoms with E-state index >= 15 is 0 Å². The highest BCUT2D eigenvalue weighted by molar-refractivity contribution is 14.0. The molecule has 2 aromatic heterocycles. The molecular weight excluding hydrogens is 483 g/mol. The molecule has 3 heterocycles. The number of likely N-dealkylation sites (N-methyl/N-ethyl adjacent to an activating group) is 1. The van der Waals surface area contributed by atoms with Gasteiger partial charge in [0.25, 0.3) is 0 Å². The second kappa shape index (κ2) is 11.6. The van der Waals surface area contributed by atoms with Gasteiger partial charge in [-0.3, -0.25) is 4.99 Å². The van der Waals surface area contributed by atoms with Gasteiger partial charge in [0, 0.05) is 43.8 Å². The van der Waals surface area contributed by atoms with E-state index in [1.54, 1.807) is 11.3 Å². The molecule has 6 nitrogen and oxygen atoms in total. The SMILES string of the molecule is CCNC(=NCC(c1cccs1)N(C)C)N1CCN(c2ccccn2)CC1.I. The van der Waals surface area contributed by atoms with Gasteiger partial charge in [0.2, 0.25) is 0 Å². The summed E-state index contributed by atoms with van der Waals surface area (Å²) in [7, 11) is 4.25. The van der Waals surface area contributed by atoms with E-state index < -0.39 is 0 Å². The van der Waals surface area contributed by atoms with Crippen molar-refractivity contribution in [3.05, 3.63) is 46.8 Å². The molecule has 0 radical (unpaired) electrons. The maximum atomic E-state index is 4.97. The molecule has 1 atom stereocenters. The quantitative estimate of drug-likeness (QED) is 0.365. The van der Waals surface area contributed by atoms with Gasteiger partial charge in [-0.2, -0.15) is 0 Å². The van der Waals surface area contributed by atoms with Crippen molar-refractivity contribution < 1.29 is 0 Å². The first kappa shape index (κ1) is 22.9. The third kappa shape index (κ3) is 6.05. The van der Waals surface area contributed by atoms with E-state index in [0.717, 1.165) is 51.0 Å². The Hall–Kier alpha value is -1.39. The van der Waals surface area contributed by atoms with E-state index in [-0.39, 0.29) is 24.0 Å². The van der Waals surface area contributed by atoms with Crippen molar-refractivity contribution in [1.82, 2.24) is 20.1 Å². The first-order chi connectivity index (χ1) is 13.2. The van der Waals surface area contributed by atoms with Gasteiger partial charge >= 0.3 is 0 Å². The molecule has 0 amide bonds. The fraction of sp³-hybridized carbons (Fsp3) is 0.500. The topological polar surface area (TPSA) is 47.0 Å². The summed E-state index contributed by atoms with van der Waals surface area (Å²) in [6.07, 6.45) is 1.86. The third-order valence-corrected chi connectivity index (χ3v) is 5.77. The lowest BCUT2D eigenvalue weighted by molar-refractivity contribution is 0.307. The van der Waals surface area contributed by atoms with Crippen molar-refractivity contribution in [2.75, 3.05) is 58.3 Å². The Morgan fingerprint density at radius 3 is 2.57 bits per heavy atom. The molecule has 0 saturated carbocycles. The first-order valence-electron chi connectivity index (χ1n) is 9.58. The highest BCUT2D eigenvalue weighted by atomic mass is 127. The Morgan fingerprint density at radius 2 is 2.00 bits per heavy atom. The normalized spacial score (nSPS) is 16.1. The molecule has 1 unspecified atom stereocenters. The predicted molar refractivity (Wildman–Crippen MR) is 130 cm³/mol. The van der Waals surface area contributed by atoms with Crippen molar-refractivity contribution in [3.8, 4) is 0 Å². The van der Waals surface area contributed by atoms with Crippen LogP contribution >= 0.6 is 35.3 Å². The van der Waals surface area contributed by atoms with Gasteiger partial charge in [0.15, 0.2) is 5.96 Å². The van der Waals surface area contributed by atoms with Crippen LogP contribution in [0.3, 0.4) is 0 Å². The van der Waals surface area contributed by atoms with Gasteiger partial charge in [-0.1, -0.05) is 12.1 Å². The standard InChI is InChI=1S/C20H30N6S.HI/c1-4-21-20(23-16-17(24(2)3)18-8-7-15-27-18)26-13-11-25(12-14-26)19-9-5-6-10-22-19;/h5-10,15,17H,4,11-14,16H2,1-3H3,(H,21,23);1H. The van der Waals surface area contributed by atoms with Gasteiger partial charge in [0.05, 0.1) is 12.6 Å². The molecule has 1 aliphatic heterocycles. The van der Waals surface area contributed by atoms with Crippen molar-refractivity contribution in [2.24, 2.45) is 4.99 Å². The summed E-state index contributed by atoms with van der Waals surface area (Å²) in [5, 5.41) is 5.61. The van der Waals surface area contributed by atoms with Gasteiger partial charge < -0.3 is 20.0 Å². The fourth-order valence-corrected chi connectivity index (χ4v) is 4.19. The third-order valence-electron chi connectivity index (χ3n) is 4.80. The van der Waals surface area contributed by atoms with Gasteiger partial charge in [-0.15, -0.1) is 35.3 Å². The zero-order valence-corrected chi connectivity index (χ0v) is 20.1. The molecule has 0 bridgehead atoms. The number of nitrogens with zero attached hydrogens (tertiary/aromatic N) is 5. The van der Waals surface area contributed by atoms with Crippen molar-refractivity contribution in [1.29, 1.82) is 0 Å². The molecule has 2 aromatic rings. The second-order valence-corrected chi connectivity index (χ2v) is 7.83. The zero-order valence-electron chi connectivity index (χ0n) is 16.9. The summed E-state index contributed by atoms with van der Waals surface area (Å²) in [5.41, 5.74) is 0. The number of anilines is 1. The number of piperazine rings is 1. The summed E-state index contributed by atoms with van der Waals surface area (Å²) < 4.78 is 0. The maximum absolute atomic E-state index is 4.97. The van der Waals surface area contributed by atoms with Gasteiger partial charge in [0.1, 0.15) is 5.82 Å². The number of aromatic nitrogens is 1. The molecule has 1 saturated heterocycles. The predicted octanol–water partition coefficient (Wildman–Crippen LogP) is 3.15. The Morgan fingerprint density at radius 1 is 1.21 bits per heavy atom. The van der Waals surface area contributed by atoms with Gasteiger partial charge in [-0.05, 0) is 44.6 Å². The minimum Gasteiger partial charge on any atom is -0.357 e. The smallest absolute Gasteiger partial charge is 0.194 e. The van der Waals surface area contributed by atoms with Gasteiger partial charge in [-0.25, -0.2) is 4.98 Å². The Kier molecular flexibility index (Phi) is 9.46. The van der Waals surface area contributed by atoms with Crippen LogP contribution in [-0.4, -0.2) is 74.1 Å². The average Bonchev–Trinajstić information content (AvgIpc) is 3.22. The fourth-order valence-electron chi connectivity index (χ4n) is 3.28. The van der Waals surface area contributed by atoms with E-state index in [2.05, 4.69) is 69.6 Å². The number of hydrogen-bond acceptors (Lipinski definition) is 5. The molecule has 3 rings (SSSR count). The summed E-state index contributed by atoms with van der Waals surface area (Å²) in [6, 6.07) is 10.7. The zero-order chi connectivity index (χ0) is 19.1. The van der Waals surface area contributed by atoms with Crippen LogP contribution in [0.4, 0.5) is 5.82 Å². The maximum Gasteiger partial charge on any atom is 0.194 e. The number of thiophene rings is 1. The summed E-state index contributed by atoms with van der Waals surface area (Å²) in [6.45, 7) is 7.60. The molecule has 1 fully saturated rings. The highest BCUT2D eigenvalue weighted by Crippen LogP contribution is 2.23. The van der Waals surface area contributed by atoms with E-state index in [1.807, 2.05) is 18.3 Å². The van der Waals surface area contributed by atoms with Crippen LogP contribution < -0.4 is 10.2 Å². The molecule has 8 heteroatoms. The van der Waals surface area contributed by atoms with Crippen LogP contribution in [0.5, 0.6) is 0 Å². The number of aliphatic imine (C=N–C) groups is 1. The summed E-state index contributed by atoms with van der Waals surface area (Å²) in [5.74, 6) is 2.08. The number of nitrogens with one attached hydrogen (secondary N) is 1. The Bertz CT molecular complexity index is 699. The second-order valence-electron chi connectivity index (χ2n) is 6.85. The highest BCUT2D eigenvalue weighted by Gasteiger charge is 2.21. The van der Waals surface area contributed by atoms with E-state index in [0.29, 0.717) is 6.04 Å². The molecule has 1 N–H and O–H groups in total. The molecule has 1 aliphatic rings. The van der Waals surface area contributed by atoms with Crippen molar-refractivity contribution in [3.63, 3.8) is 0 Å². The monoisotopic (exact) mass is 514 g/mol. The Labute approximate surface area is 189 Å². The number of hydrogen-bond donors (Lipinski definition) is 1. The van der Waals surface area contributed by atoms with Crippen LogP contribution in [-0.2, 0) is 0 Å². The van der Waals surface area contributed by atoms with Crippen LogP contribution in [0.2, 0.25) is 0 Å². The van der Waals surface area contributed by atoms with Crippen LogP contribution in [0.25, 0.3) is 0 Å². The molecule has 28 heavy (non-hydrogen) atoms. The van der Waals surface area contributed by atoms with Crippen molar-refractivity contribution >= 4 is 47.1 Å². The lowest BCUT2D eigenvalue weighted by atomic mass is 10.2.